The second kappa shape index (κ2) is 3.88. The van der Waals surface area contributed by atoms with E-state index in [1.807, 2.05) is 0 Å². The van der Waals surface area contributed by atoms with Crippen LogP contribution >= 0.6 is 0 Å². The Kier molecular flexibility index (Phi) is 2.69. The minimum Gasteiger partial charge on any atom is -0.211 e. The summed E-state index contributed by atoms with van der Waals surface area (Å²) in [7, 11) is 0. The number of rotatable bonds is 3. The predicted octanol–water partition coefficient (Wildman–Crippen LogP) is 2.98. The highest BCUT2D eigenvalue weighted by Crippen LogP contribution is 2.50. The first-order valence-electron chi connectivity index (χ1n) is 5.71. The monoisotopic (exact) mass is 215 g/mol. The third-order valence-corrected chi connectivity index (χ3v) is 3.51. The summed E-state index contributed by atoms with van der Waals surface area (Å²) >= 11 is 0. The van der Waals surface area contributed by atoms with Crippen LogP contribution in [0, 0.1) is 20.8 Å². The van der Waals surface area contributed by atoms with Crippen molar-refractivity contribution in [1.29, 1.82) is 0 Å². The van der Waals surface area contributed by atoms with Crippen molar-refractivity contribution in [1.82, 2.24) is 0 Å². The molecular weight excluding hydrogens is 198 g/mol. The molecular formula is C14H17NO. The van der Waals surface area contributed by atoms with Gasteiger partial charge in [0, 0.05) is 5.41 Å². The van der Waals surface area contributed by atoms with Crippen LogP contribution in [0.4, 0.5) is 0 Å². The molecule has 0 spiro atoms. The van der Waals surface area contributed by atoms with Crippen molar-refractivity contribution in [2.75, 3.05) is 6.54 Å². The molecule has 1 fully saturated rings. The summed E-state index contributed by atoms with van der Waals surface area (Å²) in [5, 5.41) is 0. The summed E-state index contributed by atoms with van der Waals surface area (Å²) in [6.07, 6.45) is 3.94. The molecule has 2 heteroatoms. The van der Waals surface area contributed by atoms with Gasteiger partial charge in [-0.1, -0.05) is 17.7 Å². The van der Waals surface area contributed by atoms with Gasteiger partial charge in [0.2, 0.25) is 6.08 Å². The van der Waals surface area contributed by atoms with Crippen molar-refractivity contribution in [2.24, 2.45) is 4.99 Å². The highest BCUT2D eigenvalue weighted by Gasteiger charge is 2.45. The molecule has 0 N–H and O–H groups in total. The van der Waals surface area contributed by atoms with Gasteiger partial charge in [0.1, 0.15) is 0 Å². The zero-order valence-electron chi connectivity index (χ0n) is 10.1. The Morgan fingerprint density at radius 1 is 1.25 bits per heavy atom. The number of nitrogens with zero attached hydrogens (tertiary/aromatic N) is 1. The molecule has 0 amide bonds. The molecule has 0 radical (unpaired) electrons. The smallest absolute Gasteiger partial charge is 0.211 e. The summed E-state index contributed by atoms with van der Waals surface area (Å²) in [5.74, 6) is 0. The number of hydrogen-bond acceptors (Lipinski definition) is 2. The minimum absolute atomic E-state index is 0.138. The Morgan fingerprint density at radius 2 is 1.81 bits per heavy atom. The van der Waals surface area contributed by atoms with E-state index in [-0.39, 0.29) is 5.41 Å². The van der Waals surface area contributed by atoms with Crippen molar-refractivity contribution < 1.29 is 4.79 Å². The van der Waals surface area contributed by atoms with Crippen LogP contribution in [0.3, 0.4) is 0 Å². The van der Waals surface area contributed by atoms with E-state index in [0.29, 0.717) is 6.54 Å². The molecule has 16 heavy (non-hydrogen) atoms. The molecule has 0 unspecified atom stereocenters. The number of carbonyl (C=O) groups excluding carboxylic acids is 1. The molecule has 0 bridgehead atoms. The van der Waals surface area contributed by atoms with E-state index < -0.39 is 0 Å². The first-order chi connectivity index (χ1) is 7.59. The lowest BCUT2D eigenvalue weighted by atomic mass is 9.87. The second-order valence-corrected chi connectivity index (χ2v) is 4.96. The quantitative estimate of drug-likeness (QED) is 0.563. The van der Waals surface area contributed by atoms with Gasteiger partial charge in [-0.05, 0) is 50.3 Å². The van der Waals surface area contributed by atoms with Crippen LogP contribution in [0.1, 0.15) is 35.1 Å². The molecule has 1 aromatic carbocycles. The highest BCUT2D eigenvalue weighted by atomic mass is 16.1. The lowest BCUT2D eigenvalue weighted by molar-refractivity contribution is 0.559. The predicted molar refractivity (Wildman–Crippen MR) is 64.6 cm³/mol. The van der Waals surface area contributed by atoms with E-state index in [1.54, 1.807) is 6.08 Å². The molecule has 1 saturated carbocycles. The number of aliphatic imine (C=N–C) groups is 1. The maximum atomic E-state index is 10.2. The summed E-state index contributed by atoms with van der Waals surface area (Å²) < 4.78 is 0. The van der Waals surface area contributed by atoms with E-state index in [1.165, 1.54) is 22.3 Å². The largest absolute Gasteiger partial charge is 0.234 e. The maximum Gasteiger partial charge on any atom is 0.234 e. The topological polar surface area (TPSA) is 29.4 Å². The average Bonchev–Trinajstić information content (AvgIpc) is 2.94. The van der Waals surface area contributed by atoms with E-state index in [9.17, 15) is 4.79 Å². The van der Waals surface area contributed by atoms with Crippen LogP contribution in [0.5, 0.6) is 0 Å². The molecule has 1 aliphatic carbocycles. The third-order valence-electron chi connectivity index (χ3n) is 3.51. The summed E-state index contributed by atoms with van der Waals surface area (Å²) in [5.41, 5.74) is 5.50. The normalized spacial score (nSPS) is 16.7. The number of benzene rings is 1. The first-order valence-corrected chi connectivity index (χ1v) is 5.71. The summed E-state index contributed by atoms with van der Waals surface area (Å²) in [6.45, 7) is 7.02. The third kappa shape index (κ3) is 1.81. The zero-order chi connectivity index (χ0) is 11.8. The van der Waals surface area contributed by atoms with Crippen LogP contribution < -0.4 is 0 Å². The van der Waals surface area contributed by atoms with E-state index >= 15 is 0 Å². The fraction of sp³-hybridized carbons (Fsp3) is 0.500. The van der Waals surface area contributed by atoms with Gasteiger partial charge in [0.25, 0.3) is 0 Å². The van der Waals surface area contributed by atoms with Gasteiger partial charge in [0.15, 0.2) is 0 Å². The Bertz CT molecular complexity index is 443. The summed E-state index contributed by atoms with van der Waals surface area (Å²) in [4.78, 5) is 14.0. The standard InChI is InChI=1S/C14H17NO/c1-10-6-11(2)13(12(3)7-10)14(4-5-14)8-15-9-16/h6-7H,4-5,8H2,1-3H3. The molecule has 0 atom stereocenters. The minimum atomic E-state index is 0.138. The molecule has 1 aromatic rings. The maximum absolute atomic E-state index is 10.2. The van der Waals surface area contributed by atoms with E-state index in [4.69, 9.17) is 0 Å². The van der Waals surface area contributed by atoms with Gasteiger partial charge in [-0.2, -0.15) is 0 Å². The lowest BCUT2D eigenvalue weighted by Gasteiger charge is -2.19. The Morgan fingerprint density at radius 3 is 2.25 bits per heavy atom. The molecule has 2 rings (SSSR count). The van der Waals surface area contributed by atoms with Gasteiger partial charge < -0.3 is 0 Å². The average molecular weight is 215 g/mol. The lowest BCUT2D eigenvalue weighted by Crippen LogP contribution is -2.14. The van der Waals surface area contributed by atoms with E-state index in [2.05, 4.69) is 37.9 Å². The fourth-order valence-electron chi connectivity index (χ4n) is 2.84. The van der Waals surface area contributed by atoms with Gasteiger partial charge in [-0.15, -0.1) is 0 Å². The Labute approximate surface area is 96.4 Å². The van der Waals surface area contributed by atoms with Crippen LogP contribution in [0.2, 0.25) is 0 Å². The fourth-order valence-corrected chi connectivity index (χ4v) is 2.84. The van der Waals surface area contributed by atoms with Gasteiger partial charge in [-0.3, -0.25) is 0 Å². The molecule has 0 saturated heterocycles. The molecule has 0 heterocycles. The van der Waals surface area contributed by atoms with Gasteiger partial charge in [0.05, 0.1) is 6.54 Å². The van der Waals surface area contributed by atoms with Crippen molar-refractivity contribution in [3.05, 3.63) is 34.4 Å². The van der Waals surface area contributed by atoms with Crippen molar-refractivity contribution in [2.45, 2.75) is 39.0 Å². The highest BCUT2D eigenvalue weighted by molar-refractivity contribution is 5.47. The van der Waals surface area contributed by atoms with Crippen molar-refractivity contribution in [3.63, 3.8) is 0 Å². The molecule has 2 nitrogen and oxygen atoms in total. The van der Waals surface area contributed by atoms with Crippen LogP contribution in [0.25, 0.3) is 0 Å². The van der Waals surface area contributed by atoms with Crippen LogP contribution in [-0.4, -0.2) is 12.6 Å². The van der Waals surface area contributed by atoms with Gasteiger partial charge >= 0.3 is 0 Å². The van der Waals surface area contributed by atoms with E-state index in [0.717, 1.165) is 12.8 Å². The van der Waals surface area contributed by atoms with Gasteiger partial charge in [-0.25, -0.2) is 9.79 Å². The number of aryl methyl sites for hydroxylation is 3. The van der Waals surface area contributed by atoms with Crippen LogP contribution in [0.15, 0.2) is 17.1 Å². The molecule has 0 aromatic heterocycles. The Balaban J connectivity index is 2.44. The molecule has 1 aliphatic rings. The van der Waals surface area contributed by atoms with Crippen molar-refractivity contribution >= 4 is 6.08 Å². The van der Waals surface area contributed by atoms with Crippen molar-refractivity contribution in [3.8, 4) is 0 Å². The number of isocyanates is 1. The second-order valence-electron chi connectivity index (χ2n) is 4.96. The first kappa shape index (κ1) is 11.1. The van der Waals surface area contributed by atoms with Crippen LogP contribution in [-0.2, 0) is 10.2 Å². The summed E-state index contributed by atoms with van der Waals surface area (Å²) in [6, 6.07) is 4.43. The molecule has 84 valence electrons. The molecule has 0 aliphatic heterocycles. The Hall–Kier alpha value is -1.40. The zero-order valence-corrected chi connectivity index (χ0v) is 10.1. The SMILES string of the molecule is Cc1cc(C)c(C2(CN=C=O)CC2)c(C)c1. The number of hydrogen-bond donors (Lipinski definition) is 0.